The first kappa shape index (κ1) is 22.8. The number of pyridine rings is 1. The van der Waals surface area contributed by atoms with Crippen molar-refractivity contribution < 1.29 is 15.3 Å². The lowest BCUT2D eigenvalue weighted by molar-refractivity contribution is 0.00446. The van der Waals surface area contributed by atoms with Crippen LogP contribution in [-0.4, -0.2) is 65.7 Å². The van der Waals surface area contributed by atoms with Crippen LogP contribution in [0.1, 0.15) is 62.3 Å². The summed E-state index contributed by atoms with van der Waals surface area (Å²) in [4.78, 5) is 19.4. The van der Waals surface area contributed by atoms with Crippen molar-refractivity contribution >= 4 is 33.3 Å². The van der Waals surface area contributed by atoms with Gasteiger partial charge in [0, 0.05) is 30.2 Å². The Balaban J connectivity index is 1.34. The van der Waals surface area contributed by atoms with E-state index in [1.54, 1.807) is 11.3 Å². The number of thiazole rings is 1. The fourth-order valence-electron chi connectivity index (χ4n) is 5.84. The number of rotatable bonds is 8. The Kier molecular flexibility index (Phi) is 5.25. The Morgan fingerprint density at radius 3 is 2.53 bits per heavy atom. The molecule has 0 unspecified atom stereocenters. The van der Waals surface area contributed by atoms with Crippen molar-refractivity contribution in [2.75, 3.05) is 17.2 Å². The molecule has 7 rings (SSSR count). The van der Waals surface area contributed by atoms with Crippen LogP contribution in [0, 0.1) is 18.8 Å². The first-order chi connectivity index (χ1) is 17.5. The van der Waals surface area contributed by atoms with Gasteiger partial charge in [-0.05, 0) is 63.9 Å². The summed E-state index contributed by atoms with van der Waals surface area (Å²) in [6, 6.07) is 1.56. The average molecular weight is 509 g/mol. The van der Waals surface area contributed by atoms with Crippen LogP contribution in [0.15, 0.2) is 12.3 Å². The van der Waals surface area contributed by atoms with Gasteiger partial charge in [-0.3, -0.25) is 4.98 Å². The third-order valence-electron chi connectivity index (χ3n) is 8.47. The Labute approximate surface area is 213 Å². The molecule has 3 heterocycles. The molecule has 4 saturated carbocycles. The van der Waals surface area contributed by atoms with E-state index in [1.807, 2.05) is 19.2 Å². The highest BCUT2D eigenvalue weighted by atomic mass is 32.1. The molecule has 0 spiro atoms. The third-order valence-corrected chi connectivity index (χ3v) is 9.51. The summed E-state index contributed by atoms with van der Waals surface area (Å²) in [6.07, 6.45) is 7.30. The van der Waals surface area contributed by atoms with Crippen LogP contribution in [0.4, 0.5) is 11.8 Å². The lowest BCUT2D eigenvalue weighted by atomic mass is 10.1. The van der Waals surface area contributed by atoms with Crippen molar-refractivity contribution in [3.05, 3.63) is 23.7 Å². The number of nitrogens with zero attached hydrogens (tertiary/aromatic N) is 4. The van der Waals surface area contributed by atoms with Crippen LogP contribution in [0.25, 0.3) is 20.8 Å². The predicted octanol–water partition coefficient (Wildman–Crippen LogP) is 3.20. The maximum Gasteiger partial charge on any atom is 0.225 e. The second-order valence-electron chi connectivity index (χ2n) is 11.2. The summed E-state index contributed by atoms with van der Waals surface area (Å²) in [7, 11) is 0. The summed E-state index contributed by atoms with van der Waals surface area (Å²) < 4.78 is 1.06. The van der Waals surface area contributed by atoms with Crippen LogP contribution in [0.2, 0.25) is 0 Å². The largest absolute Gasteiger partial charge is 0.396 e. The highest BCUT2D eigenvalue weighted by Crippen LogP contribution is 2.56. The molecule has 3 aromatic heterocycles. The van der Waals surface area contributed by atoms with E-state index in [-0.39, 0.29) is 18.1 Å². The Hall–Kier alpha value is -2.40. The van der Waals surface area contributed by atoms with Crippen LogP contribution < -0.4 is 10.6 Å². The first-order valence-corrected chi connectivity index (χ1v) is 13.9. The van der Waals surface area contributed by atoms with Crippen molar-refractivity contribution in [1.29, 1.82) is 0 Å². The SMILES string of the molecule is Cc1nccc2sc(-c3c(N[C@@H]4C[C@H](CO)[C@@H](O)[C@H]4O)nc(NC4(C5CC5)CC4)nc3C3CC3)nc12. The van der Waals surface area contributed by atoms with Gasteiger partial charge >= 0.3 is 0 Å². The quantitative estimate of drug-likeness (QED) is 0.311. The zero-order valence-corrected chi connectivity index (χ0v) is 21.1. The van der Waals surface area contributed by atoms with Crippen molar-refractivity contribution in [1.82, 2.24) is 19.9 Å². The number of hydrogen-bond donors (Lipinski definition) is 5. The minimum absolute atomic E-state index is 0.128. The molecule has 4 aliphatic carbocycles. The number of fused-ring (bicyclic) bond motifs is 1. The number of aromatic nitrogens is 4. The van der Waals surface area contributed by atoms with Gasteiger partial charge in [-0.2, -0.15) is 4.98 Å². The molecule has 0 aliphatic heterocycles. The second-order valence-corrected chi connectivity index (χ2v) is 12.2. The summed E-state index contributed by atoms with van der Waals surface area (Å²) in [6.45, 7) is 1.80. The Morgan fingerprint density at radius 2 is 1.89 bits per heavy atom. The van der Waals surface area contributed by atoms with Crippen molar-refractivity contribution in [2.24, 2.45) is 11.8 Å². The molecule has 4 aliphatic rings. The van der Waals surface area contributed by atoms with E-state index in [1.165, 1.54) is 12.8 Å². The van der Waals surface area contributed by atoms with Gasteiger partial charge in [-0.1, -0.05) is 0 Å². The van der Waals surface area contributed by atoms with Gasteiger partial charge in [-0.25, -0.2) is 9.97 Å². The average Bonchev–Trinajstić information content (AvgIpc) is 3.74. The fraction of sp³-hybridized carbons (Fsp3) is 0.615. The molecular weight excluding hydrogens is 476 g/mol. The van der Waals surface area contributed by atoms with Crippen molar-refractivity contribution in [3.8, 4) is 10.6 Å². The first-order valence-electron chi connectivity index (χ1n) is 13.1. The molecule has 3 aromatic rings. The molecule has 0 saturated heterocycles. The van der Waals surface area contributed by atoms with E-state index < -0.39 is 18.2 Å². The molecule has 190 valence electrons. The fourth-order valence-corrected chi connectivity index (χ4v) is 6.91. The molecule has 0 aromatic carbocycles. The molecular formula is C26H32N6O3S. The van der Waals surface area contributed by atoms with E-state index in [9.17, 15) is 15.3 Å². The second kappa shape index (κ2) is 8.31. The standard InChI is InChI=1S/C26H32N6O3S/c1-12-19-17(6-9-27-12)36-24(29-19)18-20(13-2-3-13)30-25(32-26(7-8-26)15-4-5-15)31-23(18)28-16-10-14(11-33)21(34)22(16)35/h6,9,13-16,21-22,33-35H,2-5,7-8,10-11H2,1H3,(H2,28,30,31,32)/t14-,16-,21-,22+/m1/s1. The topological polar surface area (TPSA) is 136 Å². The smallest absolute Gasteiger partial charge is 0.225 e. The number of hydrogen-bond acceptors (Lipinski definition) is 10. The Bertz CT molecular complexity index is 1320. The van der Waals surface area contributed by atoms with Crippen LogP contribution in [0.3, 0.4) is 0 Å². The van der Waals surface area contributed by atoms with Crippen LogP contribution in [-0.2, 0) is 0 Å². The van der Waals surface area contributed by atoms with Gasteiger partial charge in [-0.15, -0.1) is 11.3 Å². The van der Waals surface area contributed by atoms with E-state index in [0.717, 1.165) is 57.9 Å². The highest BCUT2D eigenvalue weighted by molar-refractivity contribution is 7.21. The lowest BCUT2D eigenvalue weighted by Gasteiger charge is -2.23. The minimum atomic E-state index is -0.992. The van der Waals surface area contributed by atoms with E-state index >= 15 is 0 Å². The minimum Gasteiger partial charge on any atom is -0.396 e. The molecule has 5 N–H and O–H groups in total. The Morgan fingerprint density at radius 1 is 1.08 bits per heavy atom. The summed E-state index contributed by atoms with van der Waals surface area (Å²) in [5.41, 5.74) is 3.78. The van der Waals surface area contributed by atoms with Gasteiger partial charge in [0.2, 0.25) is 5.95 Å². The van der Waals surface area contributed by atoms with Crippen molar-refractivity contribution in [3.63, 3.8) is 0 Å². The number of aliphatic hydroxyl groups excluding tert-OH is 3. The van der Waals surface area contributed by atoms with Gasteiger partial charge in [0.25, 0.3) is 0 Å². The monoisotopic (exact) mass is 508 g/mol. The maximum absolute atomic E-state index is 10.8. The van der Waals surface area contributed by atoms with Gasteiger partial charge in [0.15, 0.2) is 0 Å². The summed E-state index contributed by atoms with van der Waals surface area (Å²) in [5, 5.41) is 38.9. The maximum atomic E-state index is 10.8. The number of anilines is 2. The lowest BCUT2D eigenvalue weighted by Crippen LogP contribution is -2.36. The predicted molar refractivity (Wildman–Crippen MR) is 138 cm³/mol. The van der Waals surface area contributed by atoms with Gasteiger partial charge in [0.05, 0.1) is 33.8 Å². The van der Waals surface area contributed by atoms with Crippen molar-refractivity contribution in [2.45, 2.75) is 81.6 Å². The summed E-state index contributed by atoms with van der Waals surface area (Å²) in [5.74, 6) is 1.97. The number of aryl methyl sites for hydroxylation is 1. The number of nitrogens with one attached hydrogen (secondary N) is 2. The van der Waals surface area contributed by atoms with E-state index in [2.05, 4.69) is 15.6 Å². The molecule has 10 heteroatoms. The molecule has 36 heavy (non-hydrogen) atoms. The van der Waals surface area contributed by atoms with E-state index in [4.69, 9.17) is 15.0 Å². The zero-order chi connectivity index (χ0) is 24.6. The molecule has 9 nitrogen and oxygen atoms in total. The number of aliphatic hydroxyl groups is 3. The van der Waals surface area contributed by atoms with E-state index in [0.29, 0.717) is 30.0 Å². The van der Waals surface area contributed by atoms with Gasteiger partial charge < -0.3 is 26.0 Å². The third kappa shape index (κ3) is 3.86. The van der Waals surface area contributed by atoms with Crippen LogP contribution >= 0.6 is 11.3 Å². The summed E-state index contributed by atoms with van der Waals surface area (Å²) >= 11 is 1.61. The normalized spacial score (nSPS) is 29.0. The zero-order valence-electron chi connectivity index (χ0n) is 20.3. The molecule has 4 fully saturated rings. The molecule has 4 atom stereocenters. The molecule has 0 bridgehead atoms. The highest BCUT2D eigenvalue weighted by Gasteiger charge is 2.54. The molecule has 0 amide bonds. The van der Waals surface area contributed by atoms with Gasteiger partial charge in [0.1, 0.15) is 22.4 Å². The van der Waals surface area contributed by atoms with Crippen LogP contribution in [0.5, 0.6) is 0 Å². The molecule has 0 radical (unpaired) electrons.